The van der Waals surface area contributed by atoms with Crippen LogP contribution >= 0.6 is 11.3 Å². The van der Waals surface area contributed by atoms with Crippen molar-refractivity contribution in [2.45, 2.75) is 32.2 Å². The molecule has 3 N–H and O–H groups in total. The monoisotopic (exact) mass is 331 g/mol. The van der Waals surface area contributed by atoms with Gasteiger partial charge >= 0.3 is 0 Å². The average molecular weight is 331 g/mol. The fraction of sp³-hybridized carbons (Fsp3) is 0.368. The van der Waals surface area contributed by atoms with E-state index in [1.54, 1.807) is 11.3 Å². The van der Waals surface area contributed by atoms with Gasteiger partial charge in [0.15, 0.2) is 0 Å². The summed E-state index contributed by atoms with van der Waals surface area (Å²) < 4.78 is 5.70. The Morgan fingerprint density at radius 2 is 2.13 bits per heavy atom. The van der Waals surface area contributed by atoms with Crippen LogP contribution in [0.5, 0.6) is 5.75 Å². The Bertz CT molecular complexity index is 646. The lowest BCUT2D eigenvalue weighted by atomic mass is 9.98. The molecule has 1 aromatic carbocycles. The van der Waals surface area contributed by atoms with Gasteiger partial charge in [-0.2, -0.15) is 0 Å². The van der Waals surface area contributed by atoms with E-state index in [1.165, 1.54) is 15.3 Å². The van der Waals surface area contributed by atoms with Gasteiger partial charge in [-0.15, -0.1) is 11.3 Å². The van der Waals surface area contributed by atoms with Gasteiger partial charge in [0.25, 0.3) is 0 Å². The van der Waals surface area contributed by atoms with Crippen LogP contribution in [0.3, 0.4) is 0 Å². The molecule has 0 saturated heterocycles. The first-order valence-electron chi connectivity index (χ1n) is 7.83. The van der Waals surface area contributed by atoms with Crippen LogP contribution < -0.4 is 10.5 Å². The van der Waals surface area contributed by atoms with Crippen molar-refractivity contribution in [1.29, 1.82) is 0 Å². The highest BCUT2D eigenvalue weighted by molar-refractivity contribution is 7.12. The third-order valence-corrected chi connectivity index (χ3v) is 4.71. The van der Waals surface area contributed by atoms with Crippen molar-refractivity contribution in [2.24, 2.45) is 5.73 Å². The fourth-order valence-corrected chi connectivity index (χ4v) is 3.06. The molecule has 4 heteroatoms. The molecule has 0 saturated carbocycles. The Balaban J connectivity index is 1.79. The number of aryl methyl sites for hydroxylation is 2. The molecule has 1 unspecified atom stereocenters. The number of aliphatic hydroxyl groups excluding tert-OH is 1. The zero-order valence-electron chi connectivity index (χ0n) is 13.8. The third-order valence-electron chi connectivity index (χ3n) is 3.60. The van der Waals surface area contributed by atoms with Gasteiger partial charge in [-0.05, 0) is 68.7 Å². The minimum absolute atomic E-state index is 0.0153. The number of hydrogen-bond acceptors (Lipinski definition) is 4. The van der Waals surface area contributed by atoms with E-state index in [9.17, 15) is 5.11 Å². The predicted molar refractivity (Wildman–Crippen MR) is 98.0 cm³/mol. The van der Waals surface area contributed by atoms with Crippen LogP contribution in [0.25, 0.3) is 6.08 Å². The van der Waals surface area contributed by atoms with Crippen LogP contribution in [0.15, 0.2) is 42.5 Å². The lowest BCUT2D eigenvalue weighted by Gasteiger charge is -2.20. The number of benzene rings is 1. The van der Waals surface area contributed by atoms with Crippen molar-refractivity contribution in [2.75, 3.05) is 13.2 Å². The Morgan fingerprint density at radius 1 is 1.30 bits per heavy atom. The Morgan fingerprint density at radius 3 is 2.87 bits per heavy atom. The highest BCUT2D eigenvalue weighted by Gasteiger charge is 2.16. The molecule has 0 aliphatic rings. The molecule has 0 amide bonds. The number of rotatable bonds is 8. The Kier molecular flexibility index (Phi) is 6.39. The minimum Gasteiger partial charge on any atom is -0.490 e. The zero-order valence-corrected chi connectivity index (χ0v) is 14.6. The molecule has 3 nitrogen and oxygen atoms in total. The molecular weight excluding hydrogens is 306 g/mol. The van der Waals surface area contributed by atoms with Crippen molar-refractivity contribution >= 4 is 17.4 Å². The maximum Gasteiger partial charge on any atom is 0.120 e. The van der Waals surface area contributed by atoms with Crippen molar-refractivity contribution in [3.8, 4) is 5.75 Å². The van der Waals surface area contributed by atoms with Crippen LogP contribution in [0.1, 0.15) is 28.7 Å². The molecule has 0 spiro atoms. The maximum absolute atomic E-state index is 9.18. The highest BCUT2D eigenvalue weighted by atomic mass is 32.1. The van der Waals surface area contributed by atoms with Crippen LogP contribution in [-0.4, -0.2) is 23.9 Å². The smallest absolute Gasteiger partial charge is 0.120 e. The molecule has 0 aliphatic heterocycles. The largest absolute Gasteiger partial charge is 0.490 e. The minimum atomic E-state index is -0.498. The molecule has 0 bridgehead atoms. The van der Waals surface area contributed by atoms with E-state index in [0.29, 0.717) is 6.61 Å². The summed E-state index contributed by atoms with van der Waals surface area (Å²) >= 11 is 1.75. The molecule has 124 valence electrons. The van der Waals surface area contributed by atoms with Gasteiger partial charge in [0.05, 0.1) is 6.61 Å². The highest BCUT2D eigenvalue weighted by Crippen LogP contribution is 2.21. The summed E-state index contributed by atoms with van der Waals surface area (Å²) in [6.07, 6.45) is 5.78. The topological polar surface area (TPSA) is 55.5 Å². The zero-order chi connectivity index (χ0) is 16.7. The van der Waals surface area contributed by atoms with E-state index in [4.69, 9.17) is 10.5 Å². The predicted octanol–water partition coefficient (Wildman–Crippen LogP) is 3.79. The lowest BCUT2D eigenvalue weighted by molar-refractivity contribution is 0.201. The number of thiophene rings is 1. The van der Waals surface area contributed by atoms with Crippen molar-refractivity contribution in [1.82, 2.24) is 0 Å². The first kappa shape index (κ1) is 17.7. The van der Waals surface area contributed by atoms with Gasteiger partial charge in [-0.1, -0.05) is 12.1 Å². The Hall–Kier alpha value is -1.62. The van der Waals surface area contributed by atoms with E-state index in [2.05, 4.69) is 31.2 Å². The van der Waals surface area contributed by atoms with Crippen LogP contribution in [0, 0.1) is 6.92 Å². The SMILES string of the molecule is Cc1cccc(OC/C=C/c2ccc(CCC(C)(N)CO)s2)c1. The van der Waals surface area contributed by atoms with Crippen LogP contribution in [0.4, 0.5) is 0 Å². The second kappa shape index (κ2) is 8.29. The van der Waals surface area contributed by atoms with E-state index < -0.39 is 5.54 Å². The molecule has 1 aromatic heterocycles. The van der Waals surface area contributed by atoms with E-state index in [1.807, 2.05) is 31.2 Å². The van der Waals surface area contributed by atoms with Gasteiger partial charge in [0.2, 0.25) is 0 Å². The molecule has 2 aromatic rings. The quantitative estimate of drug-likeness (QED) is 0.774. The van der Waals surface area contributed by atoms with Crippen molar-refractivity contribution in [3.05, 3.63) is 57.8 Å². The van der Waals surface area contributed by atoms with Crippen molar-refractivity contribution < 1.29 is 9.84 Å². The number of hydrogen-bond donors (Lipinski definition) is 2. The summed E-state index contributed by atoms with van der Waals surface area (Å²) in [5, 5.41) is 9.18. The number of ether oxygens (including phenoxy) is 1. The van der Waals surface area contributed by atoms with E-state index >= 15 is 0 Å². The fourth-order valence-electron chi connectivity index (χ4n) is 2.12. The molecular formula is C19H25NO2S. The normalized spacial score (nSPS) is 14.1. The first-order valence-corrected chi connectivity index (χ1v) is 8.65. The van der Waals surface area contributed by atoms with Gasteiger partial charge in [0.1, 0.15) is 12.4 Å². The van der Waals surface area contributed by atoms with Crippen molar-refractivity contribution in [3.63, 3.8) is 0 Å². The van der Waals surface area contributed by atoms with E-state index in [0.717, 1.165) is 18.6 Å². The Labute approximate surface area is 142 Å². The molecule has 23 heavy (non-hydrogen) atoms. The maximum atomic E-state index is 9.18. The second-order valence-electron chi connectivity index (χ2n) is 6.15. The van der Waals surface area contributed by atoms with Gasteiger partial charge in [-0.3, -0.25) is 0 Å². The summed E-state index contributed by atoms with van der Waals surface area (Å²) in [5.74, 6) is 0.896. The van der Waals surface area contributed by atoms with Crippen LogP contribution in [0.2, 0.25) is 0 Å². The second-order valence-corrected chi connectivity index (χ2v) is 7.35. The molecule has 1 atom stereocenters. The van der Waals surface area contributed by atoms with Gasteiger partial charge in [0, 0.05) is 15.3 Å². The van der Waals surface area contributed by atoms with Gasteiger partial charge < -0.3 is 15.6 Å². The lowest BCUT2D eigenvalue weighted by Crippen LogP contribution is -2.40. The number of aliphatic hydroxyl groups is 1. The standard InChI is InChI=1S/C19H25NO2S/c1-15-5-3-6-16(13-15)22-12-4-7-17-8-9-18(23-17)10-11-19(2,20)14-21/h3-9,13,21H,10-12,14,20H2,1-2H3/b7-4+. The summed E-state index contributed by atoms with van der Waals surface area (Å²) in [6.45, 7) is 4.51. The number of nitrogens with two attached hydrogens (primary N) is 1. The van der Waals surface area contributed by atoms with E-state index in [-0.39, 0.29) is 6.61 Å². The summed E-state index contributed by atoms with van der Waals surface area (Å²) in [5.41, 5.74) is 6.66. The molecule has 2 rings (SSSR count). The average Bonchev–Trinajstić information content (AvgIpc) is 2.98. The summed E-state index contributed by atoms with van der Waals surface area (Å²) in [4.78, 5) is 2.49. The summed E-state index contributed by atoms with van der Waals surface area (Å²) in [6, 6.07) is 12.3. The molecule has 0 aliphatic carbocycles. The molecule has 1 heterocycles. The first-order chi connectivity index (χ1) is 11.0. The molecule has 0 fully saturated rings. The summed E-state index contributed by atoms with van der Waals surface area (Å²) in [7, 11) is 0. The third kappa shape index (κ3) is 6.18. The molecule has 0 radical (unpaired) electrons. The van der Waals surface area contributed by atoms with Gasteiger partial charge in [-0.25, -0.2) is 0 Å². The van der Waals surface area contributed by atoms with Crippen LogP contribution in [-0.2, 0) is 6.42 Å².